The summed E-state index contributed by atoms with van der Waals surface area (Å²) >= 11 is 0. The molecule has 0 aliphatic carbocycles. The second kappa shape index (κ2) is 8.07. The van der Waals surface area contributed by atoms with E-state index in [0.717, 1.165) is 0 Å². The van der Waals surface area contributed by atoms with Gasteiger partial charge in [-0.3, -0.25) is 0 Å². The van der Waals surface area contributed by atoms with Gasteiger partial charge in [0.1, 0.15) is 12.1 Å². The molecule has 29 heavy (non-hydrogen) atoms. The van der Waals surface area contributed by atoms with E-state index in [1.807, 2.05) is 0 Å². The molecule has 0 amide bonds. The Kier molecular flexibility index (Phi) is 6.99. The first kappa shape index (κ1) is 25.1. The lowest BCUT2D eigenvalue weighted by molar-refractivity contribution is -1.19. The summed E-state index contributed by atoms with van der Waals surface area (Å²) in [5.74, 6) is 1.37. The number of likely N-dealkylation sites (N-methyl/N-ethyl adjacent to an activating group) is 2. The summed E-state index contributed by atoms with van der Waals surface area (Å²) < 4.78 is 2.38. The Morgan fingerprint density at radius 2 is 1.24 bits per heavy atom. The summed E-state index contributed by atoms with van der Waals surface area (Å²) in [6.45, 7) is 39.3. The average molecular weight is 411 g/mol. The van der Waals surface area contributed by atoms with Crippen LogP contribution in [0.1, 0.15) is 83.1 Å². The van der Waals surface area contributed by atoms with E-state index in [9.17, 15) is 0 Å². The van der Waals surface area contributed by atoms with Gasteiger partial charge in [-0.2, -0.15) is 9.80 Å². The topological polar surface area (TPSA) is 6.48 Å². The lowest BCUT2D eigenvalue weighted by atomic mass is 9.99. The predicted octanol–water partition coefficient (Wildman–Crippen LogP) is 4.81. The predicted molar refractivity (Wildman–Crippen MR) is 126 cm³/mol. The minimum absolute atomic E-state index is 0.0224. The molecule has 2 aliphatic rings. The molecule has 2 aliphatic heterocycles. The van der Waals surface area contributed by atoms with Gasteiger partial charge in [-0.1, -0.05) is 27.7 Å². The van der Waals surface area contributed by atoms with Crippen molar-refractivity contribution in [2.24, 2.45) is 11.8 Å². The Morgan fingerprint density at radius 1 is 0.759 bits per heavy atom. The van der Waals surface area contributed by atoms with Gasteiger partial charge in [0.05, 0.1) is 38.3 Å². The standard InChI is InChI=1S/C25H54N4/c1-13-28(14-2)20-23(9,10)27(18-22(7)8)25(28)26(17-21(5)6)19-24(11,12)29(25,15-3)16-4/h21-22H,13-20H2,1-12H3/q+2. The summed E-state index contributed by atoms with van der Waals surface area (Å²) in [6, 6.07) is 0. The zero-order valence-electron chi connectivity index (χ0n) is 22.1. The van der Waals surface area contributed by atoms with Crippen molar-refractivity contribution in [3.05, 3.63) is 0 Å². The van der Waals surface area contributed by atoms with E-state index in [1.54, 1.807) is 0 Å². The quantitative estimate of drug-likeness (QED) is 0.530. The second-order valence-corrected chi connectivity index (χ2v) is 12.0. The average Bonchev–Trinajstić information content (AvgIpc) is 2.92. The molecule has 1 unspecified atom stereocenters. The number of quaternary nitrogens is 2. The molecule has 2 saturated heterocycles. The summed E-state index contributed by atoms with van der Waals surface area (Å²) in [6.07, 6.45) is 0. The second-order valence-electron chi connectivity index (χ2n) is 12.0. The highest BCUT2D eigenvalue weighted by molar-refractivity contribution is 5.02. The molecule has 172 valence electrons. The molecular formula is C25H54N4+2. The maximum Gasteiger partial charge on any atom is 0.357 e. The van der Waals surface area contributed by atoms with Gasteiger partial charge in [0, 0.05) is 13.1 Å². The van der Waals surface area contributed by atoms with Gasteiger partial charge in [0.15, 0.2) is 0 Å². The molecule has 0 N–H and O–H groups in total. The van der Waals surface area contributed by atoms with Crippen LogP contribution in [0.2, 0.25) is 0 Å². The molecule has 2 heterocycles. The monoisotopic (exact) mass is 410 g/mol. The van der Waals surface area contributed by atoms with Gasteiger partial charge >= 0.3 is 5.91 Å². The highest BCUT2D eigenvalue weighted by Crippen LogP contribution is 2.58. The SMILES string of the molecule is CC[N+]1(CC)CC(C)(C)N(CC(C)C)C12N(CC(C)C)CC(C)(C)[N+]2(CC)CC. The minimum Gasteiger partial charge on any atom is -0.241 e. The van der Waals surface area contributed by atoms with Gasteiger partial charge in [0.2, 0.25) is 0 Å². The third-order valence-electron chi connectivity index (χ3n) is 8.58. The summed E-state index contributed by atoms with van der Waals surface area (Å²) in [5.41, 5.74) is 0.432. The van der Waals surface area contributed by atoms with E-state index in [2.05, 4.69) is 92.9 Å². The largest absolute Gasteiger partial charge is 0.357 e. The molecule has 1 atom stereocenters. The van der Waals surface area contributed by atoms with E-state index in [4.69, 9.17) is 0 Å². The maximum atomic E-state index is 3.00. The molecule has 0 radical (unpaired) electrons. The molecule has 4 nitrogen and oxygen atoms in total. The fourth-order valence-corrected chi connectivity index (χ4v) is 7.83. The van der Waals surface area contributed by atoms with Crippen molar-refractivity contribution in [2.45, 2.75) is 100 Å². The maximum absolute atomic E-state index is 3.00. The lowest BCUT2D eigenvalue weighted by Gasteiger charge is -2.61. The molecule has 0 aromatic carbocycles. The van der Waals surface area contributed by atoms with Crippen molar-refractivity contribution < 1.29 is 8.97 Å². The summed E-state index contributed by atoms with van der Waals surface area (Å²) in [4.78, 5) is 5.97. The van der Waals surface area contributed by atoms with Crippen molar-refractivity contribution in [1.82, 2.24) is 9.80 Å². The van der Waals surface area contributed by atoms with Gasteiger partial charge in [-0.25, -0.2) is 8.97 Å². The van der Waals surface area contributed by atoms with E-state index in [0.29, 0.717) is 11.8 Å². The fourth-order valence-electron chi connectivity index (χ4n) is 7.83. The van der Waals surface area contributed by atoms with E-state index >= 15 is 0 Å². The van der Waals surface area contributed by atoms with Crippen LogP contribution in [0.3, 0.4) is 0 Å². The van der Waals surface area contributed by atoms with Crippen molar-refractivity contribution in [3.8, 4) is 0 Å². The number of rotatable bonds is 8. The molecule has 0 aromatic rings. The van der Waals surface area contributed by atoms with Crippen LogP contribution in [-0.2, 0) is 0 Å². The van der Waals surface area contributed by atoms with E-state index in [1.165, 1.54) is 61.3 Å². The third-order valence-corrected chi connectivity index (χ3v) is 8.58. The lowest BCUT2D eigenvalue weighted by Crippen LogP contribution is -2.85. The van der Waals surface area contributed by atoms with Crippen LogP contribution in [0, 0.1) is 11.8 Å². The zero-order valence-corrected chi connectivity index (χ0v) is 22.1. The highest BCUT2D eigenvalue weighted by atomic mass is 15.9. The fraction of sp³-hybridized carbons (Fsp3) is 1.00. The third kappa shape index (κ3) is 3.23. The zero-order chi connectivity index (χ0) is 22.5. The number of hydrogen-bond donors (Lipinski definition) is 0. The van der Waals surface area contributed by atoms with Gasteiger partial charge in [0.25, 0.3) is 0 Å². The van der Waals surface area contributed by atoms with Crippen LogP contribution < -0.4 is 0 Å². The normalized spacial score (nSPS) is 30.8. The Morgan fingerprint density at radius 3 is 1.62 bits per heavy atom. The first-order valence-corrected chi connectivity index (χ1v) is 12.5. The van der Waals surface area contributed by atoms with E-state index < -0.39 is 0 Å². The molecule has 4 heteroatoms. The Bertz CT molecular complexity index is 557. The van der Waals surface area contributed by atoms with Gasteiger partial charge < -0.3 is 0 Å². The smallest absolute Gasteiger partial charge is 0.241 e. The molecule has 0 saturated carbocycles. The molecule has 1 spiro atoms. The van der Waals surface area contributed by atoms with Crippen LogP contribution >= 0.6 is 0 Å². The van der Waals surface area contributed by atoms with Crippen molar-refractivity contribution in [2.75, 3.05) is 52.4 Å². The van der Waals surface area contributed by atoms with Gasteiger partial charge in [-0.15, -0.1) is 0 Å². The number of nitrogens with zero attached hydrogens (tertiary/aromatic N) is 4. The first-order chi connectivity index (χ1) is 13.3. The van der Waals surface area contributed by atoms with Crippen molar-refractivity contribution in [3.63, 3.8) is 0 Å². The molecule has 2 rings (SSSR count). The Hall–Kier alpha value is -0.160. The number of hydrogen-bond acceptors (Lipinski definition) is 2. The molecule has 2 fully saturated rings. The first-order valence-electron chi connectivity index (χ1n) is 12.5. The van der Waals surface area contributed by atoms with Gasteiger partial charge in [-0.05, 0) is 67.2 Å². The van der Waals surface area contributed by atoms with Crippen LogP contribution in [-0.4, -0.2) is 88.1 Å². The van der Waals surface area contributed by atoms with Crippen LogP contribution in [0.25, 0.3) is 0 Å². The van der Waals surface area contributed by atoms with Crippen LogP contribution in [0.4, 0.5) is 0 Å². The minimum atomic E-state index is 0.0224. The van der Waals surface area contributed by atoms with Crippen molar-refractivity contribution in [1.29, 1.82) is 0 Å². The molecular weight excluding hydrogens is 356 g/mol. The Labute approximate surface area is 183 Å². The molecule has 0 bridgehead atoms. The summed E-state index contributed by atoms with van der Waals surface area (Å²) in [5, 5.41) is 0. The van der Waals surface area contributed by atoms with Crippen LogP contribution in [0.15, 0.2) is 0 Å². The Balaban J connectivity index is 2.96. The van der Waals surface area contributed by atoms with Crippen LogP contribution in [0.5, 0.6) is 0 Å². The summed E-state index contributed by atoms with van der Waals surface area (Å²) in [7, 11) is 0. The van der Waals surface area contributed by atoms with E-state index in [-0.39, 0.29) is 17.0 Å². The van der Waals surface area contributed by atoms with Crippen molar-refractivity contribution >= 4 is 0 Å². The molecule has 0 aromatic heterocycles. The highest BCUT2D eigenvalue weighted by Gasteiger charge is 2.83.